The fourth-order valence-corrected chi connectivity index (χ4v) is 5.09. The molecule has 0 saturated carbocycles. The van der Waals surface area contributed by atoms with Gasteiger partial charge in [-0.15, -0.1) is 0 Å². The highest BCUT2D eigenvalue weighted by Gasteiger charge is 2.42. The molecule has 0 bridgehead atoms. The number of nitrogens with zero attached hydrogens (tertiary/aromatic N) is 3. The first-order chi connectivity index (χ1) is 12.6. The van der Waals surface area contributed by atoms with E-state index in [4.69, 9.17) is 0 Å². The summed E-state index contributed by atoms with van der Waals surface area (Å²) in [6.45, 7) is 0.889. The molecule has 2 fully saturated rings. The molecule has 1 aromatic carbocycles. The third-order valence-corrected chi connectivity index (χ3v) is 7.25. The lowest BCUT2D eigenvalue weighted by atomic mass is 9.84. The highest BCUT2D eigenvalue weighted by atomic mass is 32.2. The third-order valence-electron chi connectivity index (χ3n) is 5.35. The number of piperidine rings is 2. The van der Waals surface area contributed by atoms with Gasteiger partial charge in [0.2, 0.25) is 0 Å². The molecule has 10 heteroatoms. The second kappa shape index (κ2) is 7.40. The summed E-state index contributed by atoms with van der Waals surface area (Å²) in [6.07, 6.45) is 1.79. The van der Waals surface area contributed by atoms with Gasteiger partial charge in [-0.25, -0.2) is 13.2 Å². The Morgan fingerprint density at radius 1 is 1.11 bits per heavy atom. The normalized spacial score (nSPS) is 24.1. The van der Waals surface area contributed by atoms with Crippen LogP contribution in [0.5, 0.6) is 0 Å². The first-order valence-corrected chi connectivity index (χ1v) is 10.2. The van der Waals surface area contributed by atoms with Crippen LogP contribution in [0.2, 0.25) is 0 Å². The number of rotatable bonds is 3. The van der Waals surface area contributed by atoms with Gasteiger partial charge in [0.1, 0.15) is 0 Å². The molecule has 2 aliphatic heterocycles. The van der Waals surface area contributed by atoms with Crippen molar-refractivity contribution >= 4 is 16.1 Å². The molecule has 27 heavy (non-hydrogen) atoms. The van der Waals surface area contributed by atoms with E-state index in [2.05, 4.69) is 0 Å². The van der Waals surface area contributed by atoms with Crippen LogP contribution < -0.4 is 0 Å². The Morgan fingerprint density at radius 2 is 1.81 bits per heavy atom. The summed E-state index contributed by atoms with van der Waals surface area (Å²) in [4.78, 5) is 14.3. The van der Waals surface area contributed by atoms with Crippen molar-refractivity contribution < 1.29 is 26.4 Å². The lowest BCUT2D eigenvalue weighted by molar-refractivity contribution is 0.0324. The molecular weight excluding hydrogens is 383 g/mol. The smallest absolute Gasteiger partial charge is 0.281 e. The first-order valence-electron chi connectivity index (χ1n) is 8.76. The zero-order valence-electron chi connectivity index (χ0n) is 15.2. The number of amides is 1. The van der Waals surface area contributed by atoms with Gasteiger partial charge >= 0.3 is 0 Å². The number of carbonyl (C=O) groups is 1. The maximum Gasteiger partial charge on any atom is 0.281 e. The molecule has 3 rings (SSSR count). The zero-order chi connectivity index (χ0) is 19.9. The Kier molecular flexibility index (Phi) is 5.51. The van der Waals surface area contributed by atoms with E-state index in [1.807, 2.05) is 0 Å². The minimum Gasteiger partial charge on any atom is -0.335 e. The van der Waals surface area contributed by atoms with Crippen molar-refractivity contribution in [2.24, 2.45) is 5.92 Å². The van der Waals surface area contributed by atoms with Crippen molar-refractivity contribution in [3.63, 3.8) is 0 Å². The lowest BCUT2D eigenvalue weighted by Crippen LogP contribution is -2.57. The van der Waals surface area contributed by atoms with Crippen LogP contribution in [-0.4, -0.2) is 67.6 Å². The van der Waals surface area contributed by atoms with Crippen LogP contribution in [0.1, 0.15) is 29.6 Å². The van der Waals surface area contributed by atoms with Crippen molar-refractivity contribution in [2.45, 2.75) is 25.3 Å². The second-order valence-electron chi connectivity index (χ2n) is 7.13. The van der Waals surface area contributed by atoms with Crippen LogP contribution in [0.15, 0.2) is 12.1 Å². The number of hydrogen-bond acceptors (Lipinski definition) is 3. The zero-order valence-corrected chi connectivity index (χ0v) is 16.0. The van der Waals surface area contributed by atoms with Crippen LogP contribution in [0.3, 0.4) is 0 Å². The molecule has 150 valence electrons. The molecule has 0 unspecified atom stereocenters. The van der Waals surface area contributed by atoms with Crippen molar-refractivity contribution in [2.75, 3.05) is 33.7 Å². The standard InChI is InChI=1S/C17H22F3N3O3S/c1-21(2)27(25,26)22-9-7-14-11(10-22)4-3-8-23(14)17(24)12-5-6-13(18)16(20)15(12)19/h5-6,11,14H,3-4,7-10H2,1-2H3/t11-,14+/m0/s1. The van der Waals surface area contributed by atoms with Gasteiger partial charge < -0.3 is 4.90 Å². The predicted octanol–water partition coefficient (Wildman–Crippen LogP) is 1.84. The average Bonchev–Trinajstić information content (AvgIpc) is 2.64. The van der Waals surface area contributed by atoms with Gasteiger partial charge in [0, 0.05) is 39.8 Å². The Balaban J connectivity index is 1.82. The fraction of sp³-hybridized carbons (Fsp3) is 0.588. The topological polar surface area (TPSA) is 60.9 Å². The van der Waals surface area contributed by atoms with Crippen molar-refractivity contribution in [3.8, 4) is 0 Å². The van der Waals surface area contributed by atoms with Gasteiger partial charge in [0.05, 0.1) is 5.56 Å². The molecule has 0 spiro atoms. The first kappa shape index (κ1) is 20.1. The van der Waals surface area contributed by atoms with Crippen LogP contribution >= 0.6 is 0 Å². The predicted molar refractivity (Wildman–Crippen MR) is 92.7 cm³/mol. The monoisotopic (exact) mass is 405 g/mol. The van der Waals surface area contributed by atoms with Gasteiger partial charge in [-0.1, -0.05) is 0 Å². The minimum absolute atomic E-state index is 0.0838. The summed E-state index contributed by atoms with van der Waals surface area (Å²) in [7, 11) is -0.621. The van der Waals surface area contributed by atoms with Crippen LogP contribution in [-0.2, 0) is 10.2 Å². The summed E-state index contributed by atoms with van der Waals surface area (Å²) >= 11 is 0. The van der Waals surface area contributed by atoms with E-state index >= 15 is 0 Å². The van der Waals surface area contributed by atoms with E-state index in [0.29, 0.717) is 19.4 Å². The average molecular weight is 405 g/mol. The van der Waals surface area contributed by atoms with Gasteiger partial charge in [0.15, 0.2) is 17.5 Å². The number of likely N-dealkylation sites (tertiary alicyclic amines) is 1. The summed E-state index contributed by atoms with van der Waals surface area (Å²) in [5.41, 5.74) is -0.502. The maximum atomic E-state index is 14.0. The number of hydrogen-bond donors (Lipinski definition) is 0. The van der Waals surface area contributed by atoms with Gasteiger partial charge in [-0.2, -0.15) is 17.0 Å². The summed E-state index contributed by atoms with van der Waals surface area (Å²) in [5, 5.41) is 0. The van der Waals surface area contributed by atoms with E-state index in [-0.39, 0.29) is 25.0 Å². The Morgan fingerprint density at radius 3 is 2.48 bits per heavy atom. The largest absolute Gasteiger partial charge is 0.335 e. The Bertz CT molecular complexity index is 847. The molecule has 6 nitrogen and oxygen atoms in total. The van der Waals surface area contributed by atoms with E-state index in [9.17, 15) is 26.4 Å². The molecule has 2 saturated heterocycles. The molecule has 2 atom stereocenters. The quantitative estimate of drug-likeness (QED) is 0.721. The summed E-state index contributed by atoms with van der Waals surface area (Å²) in [5.74, 6) is -5.27. The van der Waals surface area contributed by atoms with Crippen molar-refractivity contribution in [1.29, 1.82) is 0 Å². The highest BCUT2D eigenvalue weighted by Crippen LogP contribution is 2.33. The van der Waals surface area contributed by atoms with Crippen molar-refractivity contribution in [3.05, 3.63) is 35.1 Å². The molecule has 1 amide bonds. The SMILES string of the molecule is CN(C)S(=O)(=O)N1CC[C@@H]2[C@@H](CCCN2C(=O)c2ccc(F)c(F)c2F)C1. The third kappa shape index (κ3) is 3.57. The fourth-order valence-electron chi connectivity index (χ4n) is 3.91. The molecule has 2 aliphatic rings. The second-order valence-corrected chi connectivity index (χ2v) is 9.27. The number of benzene rings is 1. The highest BCUT2D eigenvalue weighted by molar-refractivity contribution is 7.86. The molecule has 0 aromatic heterocycles. The molecule has 0 radical (unpaired) electrons. The van der Waals surface area contributed by atoms with Crippen LogP contribution in [0.25, 0.3) is 0 Å². The molecule has 1 aromatic rings. The van der Waals surface area contributed by atoms with E-state index in [1.54, 1.807) is 0 Å². The summed E-state index contributed by atoms with van der Waals surface area (Å²) in [6, 6.07) is 1.43. The maximum absolute atomic E-state index is 14.0. The van der Waals surface area contributed by atoms with E-state index < -0.39 is 39.1 Å². The van der Waals surface area contributed by atoms with E-state index in [1.165, 1.54) is 23.3 Å². The number of fused-ring (bicyclic) bond motifs is 1. The Hall–Kier alpha value is -1.65. The molecule has 2 heterocycles. The van der Waals surface area contributed by atoms with Crippen LogP contribution in [0.4, 0.5) is 13.2 Å². The van der Waals surface area contributed by atoms with E-state index in [0.717, 1.165) is 22.9 Å². The van der Waals surface area contributed by atoms with Gasteiger partial charge in [-0.05, 0) is 37.3 Å². The van der Waals surface area contributed by atoms with Crippen molar-refractivity contribution in [1.82, 2.24) is 13.5 Å². The number of carbonyl (C=O) groups excluding carboxylic acids is 1. The molecular formula is C17H22F3N3O3S. The molecule has 0 N–H and O–H groups in total. The number of halogens is 3. The molecule has 0 aliphatic carbocycles. The van der Waals surface area contributed by atoms with Crippen LogP contribution in [0, 0.1) is 23.4 Å². The van der Waals surface area contributed by atoms with Gasteiger partial charge in [0.25, 0.3) is 16.1 Å². The lowest BCUT2D eigenvalue weighted by Gasteiger charge is -2.47. The minimum atomic E-state index is -3.55. The Labute approximate surface area is 156 Å². The summed E-state index contributed by atoms with van der Waals surface area (Å²) < 4.78 is 68.0. The van der Waals surface area contributed by atoms with Gasteiger partial charge in [-0.3, -0.25) is 4.79 Å².